The third kappa shape index (κ3) is 8.22. The highest BCUT2D eigenvalue weighted by Crippen LogP contribution is 2.23. The van der Waals surface area contributed by atoms with E-state index in [9.17, 15) is 9.59 Å². The molecule has 140 valence electrons. The molecule has 4 N–H and O–H groups in total. The summed E-state index contributed by atoms with van der Waals surface area (Å²) in [7, 11) is 0. The van der Waals surface area contributed by atoms with Crippen molar-refractivity contribution in [2.75, 3.05) is 0 Å². The second-order valence-corrected chi connectivity index (χ2v) is 5.33. The normalized spacial score (nSPS) is 9.07. The Hall–Kier alpha value is -3.80. The number of carbonyl (C=O) groups is 2. The van der Waals surface area contributed by atoms with Crippen molar-refractivity contribution in [3.05, 3.63) is 95.6 Å². The van der Waals surface area contributed by atoms with Gasteiger partial charge in [-0.05, 0) is 48.9 Å². The molecule has 6 heteroatoms. The summed E-state index contributed by atoms with van der Waals surface area (Å²) in [6.45, 7) is 1.85. The molecule has 27 heavy (non-hydrogen) atoms. The lowest BCUT2D eigenvalue weighted by Gasteiger charge is -1.95. The number of carboxylic acids is 2. The third-order valence-electron chi connectivity index (χ3n) is 3.17. The van der Waals surface area contributed by atoms with E-state index in [1.54, 1.807) is 66.7 Å². The lowest BCUT2D eigenvalue weighted by molar-refractivity contribution is 0.0686. The molecule has 0 aliphatic carbocycles. The number of rotatable bonds is 2. The first-order chi connectivity index (χ1) is 12.8. The van der Waals surface area contributed by atoms with E-state index < -0.39 is 11.9 Å². The predicted octanol–water partition coefficient (Wildman–Crippen LogP) is 4.18. The van der Waals surface area contributed by atoms with E-state index in [2.05, 4.69) is 0 Å². The van der Waals surface area contributed by atoms with Gasteiger partial charge in [-0.2, -0.15) is 0 Å². The molecule has 0 radical (unpaired) electrons. The molecule has 0 aliphatic rings. The number of aromatic carboxylic acids is 2. The Morgan fingerprint density at radius 3 is 1.30 bits per heavy atom. The molecule has 3 aromatic rings. The van der Waals surface area contributed by atoms with Crippen LogP contribution in [0.3, 0.4) is 0 Å². The van der Waals surface area contributed by atoms with Crippen LogP contribution in [0.1, 0.15) is 26.3 Å². The third-order valence-corrected chi connectivity index (χ3v) is 3.17. The maximum Gasteiger partial charge on any atom is 0.335 e. The molecule has 0 fully saturated rings. The standard InChI is InChI=1S/C7H8O2.2C7H6O2/c1-5-2-3-6(8)7(9)4-5;2*8-7(9)6-4-2-1-3-5-6/h2-4,8-9H,1H3;2*1-5H,(H,8,9). The lowest BCUT2D eigenvalue weighted by Crippen LogP contribution is -1.93. The molecular weight excluding hydrogens is 348 g/mol. The van der Waals surface area contributed by atoms with Gasteiger partial charge in [-0.15, -0.1) is 0 Å². The van der Waals surface area contributed by atoms with Crippen LogP contribution in [0.25, 0.3) is 0 Å². The van der Waals surface area contributed by atoms with E-state index >= 15 is 0 Å². The number of benzene rings is 3. The van der Waals surface area contributed by atoms with Gasteiger partial charge >= 0.3 is 11.9 Å². The van der Waals surface area contributed by atoms with Gasteiger partial charge in [0.2, 0.25) is 0 Å². The summed E-state index contributed by atoms with van der Waals surface area (Å²) in [4.78, 5) is 20.4. The number of hydrogen-bond donors (Lipinski definition) is 4. The molecular formula is C21H20O6. The average molecular weight is 368 g/mol. The maximum absolute atomic E-state index is 10.2. The van der Waals surface area contributed by atoms with E-state index in [1.807, 2.05) is 6.92 Å². The molecule has 0 atom stereocenters. The van der Waals surface area contributed by atoms with Gasteiger partial charge in [0.05, 0.1) is 11.1 Å². The fourth-order valence-corrected chi connectivity index (χ4v) is 1.79. The van der Waals surface area contributed by atoms with Crippen molar-refractivity contribution in [2.45, 2.75) is 6.92 Å². The summed E-state index contributed by atoms with van der Waals surface area (Å²) in [6, 6.07) is 21.3. The fourth-order valence-electron chi connectivity index (χ4n) is 1.79. The van der Waals surface area contributed by atoms with E-state index in [-0.39, 0.29) is 11.5 Å². The van der Waals surface area contributed by atoms with Crippen molar-refractivity contribution >= 4 is 11.9 Å². The number of phenolic OH excluding ortho intramolecular Hbond substituents is 2. The second kappa shape index (κ2) is 10.9. The largest absolute Gasteiger partial charge is 0.504 e. The molecule has 3 rings (SSSR count). The predicted molar refractivity (Wildman–Crippen MR) is 101 cm³/mol. The zero-order chi connectivity index (χ0) is 20.2. The van der Waals surface area contributed by atoms with Crippen LogP contribution >= 0.6 is 0 Å². The van der Waals surface area contributed by atoms with E-state index in [4.69, 9.17) is 20.4 Å². The van der Waals surface area contributed by atoms with Gasteiger partial charge < -0.3 is 20.4 Å². The van der Waals surface area contributed by atoms with Crippen molar-refractivity contribution in [1.82, 2.24) is 0 Å². The quantitative estimate of drug-likeness (QED) is 0.505. The summed E-state index contributed by atoms with van der Waals surface area (Å²) < 4.78 is 0. The molecule has 6 nitrogen and oxygen atoms in total. The zero-order valence-corrected chi connectivity index (χ0v) is 14.6. The average Bonchev–Trinajstić information content (AvgIpc) is 2.67. The fraction of sp³-hybridized carbons (Fsp3) is 0.0476. The van der Waals surface area contributed by atoms with E-state index in [0.29, 0.717) is 11.1 Å². The van der Waals surface area contributed by atoms with Crippen LogP contribution in [0.5, 0.6) is 11.5 Å². The van der Waals surface area contributed by atoms with Crippen LogP contribution in [-0.2, 0) is 0 Å². The summed E-state index contributed by atoms with van der Waals surface area (Å²) in [6.07, 6.45) is 0. The van der Waals surface area contributed by atoms with Crippen molar-refractivity contribution in [3.8, 4) is 11.5 Å². The molecule has 3 aromatic carbocycles. The topological polar surface area (TPSA) is 115 Å². The van der Waals surface area contributed by atoms with Gasteiger partial charge in [0.25, 0.3) is 0 Å². The molecule has 0 bridgehead atoms. The molecule has 0 aliphatic heterocycles. The van der Waals surface area contributed by atoms with Crippen LogP contribution in [0.2, 0.25) is 0 Å². The van der Waals surface area contributed by atoms with Crippen molar-refractivity contribution in [2.24, 2.45) is 0 Å². The number of carboxylic acid groups (broad SMARTS) is 2. The first-order valence-corrected chi connectivity index (χ1v) is 7.86. The van der Waals surface area contributed by atoms with Crippen LogP contribution in [0, 0.1) is 6.92 Å². The van der Waals surface area contributed by atoms with E-state index in [1.165, 1.54) is 12.1 Å². The summed E-state index contributed by atoms with van der Waals surface area (Å²) in [5, 5.41) is 34.4. The maximum atomic E-state index is 10.2. The van der Waals surface area contributed by atoms with Crippen molar-refractivity contribution in [3.63, 3.8) is 0 Å². The van der Waals surface area contributed by atoms with Gasteiger partial charge in [0.1, 0.15) is 0 Å². The van der Waals surface area contributed by atoms with Crippen molar-refractivity contribution < 1.29 is 30.0 Å². The Balaban J connectivity index is 0.000000202. The molecule has 0 aromatic heterocycles. The minimum absolute atomic E-state index is 0.0602. The number of phenols is 2. The monoisotopic (exact) mass is 368 g/mol. The van der Waals surface area contributed by atoms with Gasteiger partial charge in [0, 0.05) is 0 Å². The Morgan fingerprint density at radius 2 is 1.04 bits per heavy atom. The molecule has 0 spiro atoms. The first-order valence-electron chi connectivity index (χ1n) is 7.86. The summed E-state index contributed by atoms with van der Waals surface area (Å²) in [5.41, 5.74) is 1.60. The first kappa shape index (κ1) is 21.2. The summed E-state index contributed by atoms with van der Waals surface area (Å²) >= 11 is 0. The van der Waals surface area contributed by atoms with Crippen LogP contribution in [0.15, 0.2) is 78.9 Å². The van der Waals surface area contributed by atoms with Gasteiger partial charge in [-0.25, -0.2) is 9.59 Å². The highest BCUT2D eigenvalue weighted by atomic mass is 16.4. The van der Waals surface area contributed by atoms with Crippen LogP contribution < -0.4 is 0 Å². The van der Waals surface area contributed by atoms with Crippen LogP contribution in [0.4, 0.5) is 0 Å². The highest BCUT2D eigenvalue weighted by Gasteiger charge is 1.97. The van der Waals surface area contributed by atoms with Crippen LogP contribution in [-0.4, -0.2) is 32.4 Å². The number of aromatic hydroxyl groups is 2. The molecule has 0 saturated carbocycles. The second-order valence-electron chi connectivity index (χ2n) is 5.33. The highest BCUT2D eigenvalue weighted by molar-refractivity contribution is 5.87. The minimum atomic E-state index is -0.879. The lowest BCUT2D eigenvalue weighted by atomic mass is 10.2. The SMILES string of the molecule is Cc1ccc(O)c(O)c1.O=C(O)c1ccccc1.O=C(O)c1ccccc1. The Labute approximate surface area is 156 Å². The molecule has 0 heterocycles. The van der Waals surface area contributed by atoms with Gasteiger partial charge in [0.15, 0.2) is 11.5 Å². The molecule has 0 unspecified atom stereocenters. The number of hydrogen-bond acceptors (Lipinski definition) is 4. The Bertz CT molecular complexity index is 811. The van der Waals surface area contributed by atoms with Gasteiger partial charge in [-0.3, -0.25) is 0 Å². The molecule has 0 amide bonds. The Kier molecular flexibility index (Phi) is 8.61. The van der Waals surface area contributed by atoms with E-state index in [0.717, 1.165) is 5.56 Å². The zero-order valence-electron chi connectivity index (χ0n) is 14.6. The molecule has 0 saturated heterocycles. The Morgan fingerprint density at radius 1 is 0.630 bits per heavy atom. The van der Waals surface area contributed by atoms with Gasteiger partial charge in [-0.1, -0.05) is 42.5 Å². The smallest absolute Gasteiger partial charge is 0.335 e. The minimum Gasteiger partial charge on any atom is -0.504 e. The summed E-state index contributed by atoms with van der Waals surface area (Å²) in [5.74, 6) is -1.89. The van der Waals surface area contributed by atoms with Crippen molar-refractivity contribution in [1.29, 1.82) is 0 Å². The number of aryl methyl sites for hydroxylation is 1.